The molecule has 29 heavy (non-hydrogen) atoms. The van der Waals surface area contributed by atoms with Crippen molar-refractivity contribution in [1.29, 1.82) is 0 Å². The molecule has 1 fully saturated rings. The van der Waals surface area contributed by atoms with Crippen LogP contribution in [0.1, 0.15) is 23.3 Å². The Morgan fingerprint density at radius 2 is 2.28 bits per heavy atom. The molecule has 154 valence electrons. The van der Waals surface area contributed by atoms with Crippen molar-refractivity contribution < 1.29 is 9.53 Å². The number of pyridine rings is 2. The van der Waals surface area contributed by atoms with Crippen LogP contribution in [-0.4, -0.2) is 47.1 Å². The Labute approximate surface area is 182 Å². The van der Waals surface area contributed by atoms with Gasteiger partial charge in [0.25, 0.3) is 5.91 Å². The van der Waals surface area contributed by atoms with Gasteiger partial charge in [-0.3, -0.25) is 4.79 Å². The molecule has 1 amide bonds. The number of nitrogens with zero attached hydrogens (tertiary/aromatic N) is 3. The third-order valence-corrected chi connectivity index (χ3v) is 5.40. The molecule has 0 aromatic carbocycles. The third-order valence-electron chi connectivity index (χ3n) is 4.82. The Balaban J connectivity index is 0.00000240. The van der Waals surface area contributed by atoms with Crippen LogP contribution in [0.3, 0.4) is 0 Å². The van der Waals surface area contributed by atoms with E-state index in [2.05, 4.69) is 41.1 Å². The number of fused-ring (bicyclic) bond motifs is 1. The van der Waals surface area contributed by atoms with Gasteiger partial charge in [0, 0.05) is 37.6 Å². The summed E-state index contributed by atoms with van der Waals surface area (Å²) in [5.41, 5.74) is 8.79. The van der Waals surface area contributed by atoms with E-state index in [0.717, 1.165) is 41.5 Å². The number of aromatic nitrogens is 3. The molecule has 1 saturated heterocycles. The summed E-state index contributed by atoms with van der Waals surface area (Å²) in [6.07, 6.45) is 5.55. The van der Waals surface area contributed by atoms with Gasteiger partial charge < -0.3 is 25.7 Å². The molecule has 8 nitrogen and oxygen atoms in total. The molecule has 4 N–H and O–H groups in total. The Morgan fingerprint density at radius 3 is 3.03 bits per heavy atom. The number of halogens is 2. The zero-order valence-corrected chi connectivity index (χ0v) is 18.2. The summed E-state index contributed by atoms with van der Waals surface area (Å²) in [5.74, 6) is 0.0695. The van der Waals surface area contributed by atoms with E-state index in [1.807, 2.05) is 0 Å². The average molecular weight is 482 g/mol. The van der Waals surface area contributed by atoms with E-state index in [0.29, 0.717) is 17.2 Å². The quantitative estimate of drug-likeness (QED) is 0.527. The van der Waals surface area contributed by atoms with Crippen molar-refractivity contribution >= 4 is 56.7 Å². The van der Waals surface area contributed by atoms with Crippen molar-refractivity contribution in [1.82, 2.24) is 15.0 Å². The molecule has 10 heteroatoms. The second-order valence-electron chi connectivity index (χ2n) is 6.75. The van der Waals surface area contributed by atoms with Crippen LogP contribution in [-0.2, 0) is 0 Å². The molecule has 0 radical (unpaired) electrons. The van der Waals surface area contributed by atoms with E-state index in [-0.39, 0.29) is 30.0 Å². The van der Waals surface area contributed by atoms with Gasteiger partial charge >= 0.3 is 0 Å². The fraction of sp³-hybridized carbons (Fsp3) is 0.316. The van der Waals surface area contributed by atoms with Crippen LogP contribution in [0.5, 0.6) is 5.88 Å². The first-order valence-electron chi connectivity index (χ1n) is 9.05. The highest BCUT2D eigenvalue weighted by Crippen LogP contribution is 2.38. The number of carbonyl (C=O) groups is 1. The summed E-state index contributed by atoms with van der Waals surface area (Å²) in [6, 6.07) is 5.20. The summed E-state index contributed by atoms with van der Waals surface area (Å²) >= 11 is 3.62. The van der Waals surface area contributed by atoms with Gasteiger partial charge in [-0.05, 0) is 34.8 Å². The Hall–Kier alpha value is -2.36. The molecule has 4 heterocycles. The highest BCUT2D eigenvalue weighted by molar-refractivity contribution is 9.10. The van der Waals surface area contributed by atoms with Gasteiger partial charge in [-0.15, -0.1) is 12.4 Å². The molecule has 0 spiro atoms. The van der Waals surface area contributed by atoms with Crippen molar-refractivity contribution in [3.63, 3.8) is 0 Å². The first kappa shape index (κ1) is 21.4. The number of hydrogen-bond donors (Lipinski definition) is 3. The van der Waals surface area contributed by atoms with E-state index >= 15 is 0 Å². The molecule has 1 aliphatic rings. The lowest BCUT2D eigenvalue weighted by atomic mass is 10.1. The zero-order valence-electron chi connectivity index (χ0n) is 15.8. The van der Waals surface area contributed by atoms with Gasteiger partial charge in [0.05, 0.1) is 28.3 Å². The lowest BCUT2D eigenvalue weighted by molar-refractivity contribution is 0.102. The minimum atomic E-state index is -0.318. The van der Waals surface area contributed by atoms with Gasteiger partial charge in [0.2, 0.25) is 5.88 Å². The minimum absolute atomic E-state index is 0. The number of H-pyrrole nitrogens is 1. The molecule has 0 aliphatic carbocycles. The van der Waals surface area contributed by atoms with Gasteiger partial charge in [-0.1, -0.05) is 6.07 Å². The highest BCUT2D eigenvalue weighted by Gasteiger charge is 2.24. The number of methoxy groups -OCH3 is 1. The maximum Gasteiger partial charge on any atom is 0.274 e. The molecule has 0 saturated carbocycles. The molecule has 0 bridgehead atoms. The summed E-state index contributed by atoms with van der Waals surface area (Å²) in [4.78, 5) is 26.8. The van der Waals surface area contributed by atoms with Crippen molar-refractivity contribution in [3.8, 4) is 5.88 Å². The Morgan fingerprint density at radius 1 is 1.45 bits per heavy atom. The molecule has 1 atom stereocenters. The van der Waals surface area contributed by atoms with E-state index in [9.17, 15) is 4.79 Å². The molecular weight excluding hydrogens is 460 g/mol. The largest absolute Gasteiger partial charge is 0.481 e. The number of nitrogens with two attached hydrogens (primary N) is 1. The maximum atomic E-state index is 12.7. The SMILES string of the molecule is COc1cccc(C(=O)Nc2c[nH]c3ncc(Br)c(N4CCCC(N)C4)c23)n1.Cl. The molecule has 1 aliphatic heterocycles. The van der Waals surface area contributed by atoms with Gasteiger partial charge in [0.15, 0.2) is 0 Å². The van der Waals surface area contributed by atoms with Gasteiger partial charge in [0.1, 0.15) is 11.3 Å². The van der Waals surface area contributed by atoms with Crippen LogP contribution in [0.2, 0.25) is 0 Å². The average Bonchev–Trinajstić information content (AvgIpc) is 3.10. The van der Waals surface area contributed by atoms with Gasteiger partial charge in [-0.25, -0.2) is 9.97 Å². The fourth-order valence-electron chi connectivity index (χ4n) is 3.52. The van der Waals surface area contributed by atoms with Crippen LogP contribution in [0.25, 0.3) is 11.0 Å². The lowest BCUT2D eigenvalue weighted by Gasteiger charge is -2.33. The second kappa shape index (κ2) is 8.98. The lowest BCUT2D eigenvalue weighted by Crippen LogP contribution is -2.43. The number of aromatic amines is 1. The molecule has 3 aromatic heterocycles. The van der Waals surface area contributed by atoms with Gasteiger partial charge in [-0.2, -0.15) is 0 Å². The number of anilines is 2. The van der Waals surface area contributed by atoms with Crippen LogP contribution in [0, 0.1) is 0 Å². The summed E-state index contributed by atoms with van der Waals surface area (Å²) < 4.78 is 5.97. The van der Waals surface area contributed by atoms with Crippen molar-refractivity contribution in [3.05, 3.63) is 40.8 Å². The fourth-order valence-corrected chi connectivity index (χ4v) is 4.07. The maximum absolute atomic E-state index is 12.7. The first-order valence-corrected chi connectivity index (χ1v) is 9.84. The molecule has 1 unspecified atom stereocenters. The molecule has 3 aromatic rings. The number of amides is 1. The predicted octanol–water partition coefficient (Wildman–Crippen LogP) is 3.33. The zero-order chi connectivity index (χ0) is 19.7. The van der Waals surface area contributed by atoms with Crippen molar-refractivity contribution in [2.24, 2.45) is 5.73 Å². The van der Waals surface area contributed by atoms with E-state index in [1.165, 1.54) is 7.11 Å². The number of nitrogens with one attached hydrogen (secondary N) is 2. The molecular formula is C19H22BrClN6O2. The number of rotatable bonds is 4. The van der Waals surface area contributed by atoms with E-state index < -0.39 is 0 Å². The minimum Gasteiger partial charge on any atom is -0.481 e. The number of piperidine rings is 1. The Kier molecular flexibility index (Phi) is 6.61. The standard InChI is InChI=1S/C19H21BrN6O2.ClH/c1-28-15-6-2-5-13(24-15)19(27)25-14-9-23-18-16(14)17(12(20)8-22-18)26-7-3-4-11(21)10-26;/h2,5-6,8-9,11H,3-4,7,10,21H2,1H3,(H,22,23)(H,25,27);1H. The van der Waals surface area contributed by atoms with Crippen molar-refractivity contribution in [2.75, 3.05) is 30.4 Å². The van der Waals surface area contributed by atoms with E-state index in [1.54, 1.807) is 30.6 Å². The molecule has 4 rings (SSSR count). The summed E-state index contributed by atoms with van der Waals surface area (Å²) in [5, 5.41) is 3.79. The van der Waals surface area contributed by atoms with Crippen LogP contribution in [0.4, 0.5) is 11.4 Å². The first-order chi connectivity index (χ1) is 13.6. The third kappa shape index (κ3) is 4.31. The topological polar surface area (TPSA) is 109 Å². The van der Waals surface area contributed by atoms with Crippen LogP contribution >= 0.6 is 28.3 Å². The van der Waals surface area contributed by atoms with Crippen molar-refractivity contribution in [2.45, 2.75) is 18.9 Å². The van der Waals surface area contributed by atoms with Crippen LogP contribution < -0.4 is 20.7 Å². The Bertz CT molecular complexity index is 1030. The monoisotopic (exact) mass is 480 g/mol. The highest BCUT2D eigenvalue weighted by atomic mass is 79.9. The van der Waals surface area contributed by atoms with Crippen LogP contribution in [0.15, 0.2) is 35.1 Å². The summed E-state index contributed by atoms with van der Waals surface area (Å²) in [6.45, 7) is 1.66. The van der Waals surface area contributed by atoms with E-state index in [4.69, 9.17) is 10.5 Å². The predicted molar refractivity (Wildman–Crippen MR) is 119 cm³/mol. The number of ether oxygens (including phenoxy) is 1. The number of carbonyl (C=O) groups excluding carboxylic acids is 1. The summed E-state index contributed by atoms with van der Waals surface area (Å²) in [7, 11) is 1.52. The number of hydrogen-bond acceptors (Lipinski definition) is 6. The smallest absolute Gasteiger partial charge is 0.274 e. The normalized spacial score (nSPS) is 16.4. The second-order valence-corrected chi connectivity index (χ2v) is 7.60.